The van der Waals surface area contributed by atoms with Gasteiger partial charge in [0.1, 0.15) is 5.84 Å². The Balaban J connectivity index is 2.32. The lowest BCUT2D eigenvalue weighted by molar-refractivity contribution is 0.208. The third-order valence-corrected chi connectivity index (χ3v) is 3.69. The number of hydrogen-bond acceptors (Lipinski definition) is 3. The van der Waals surface area contributed by atoms with Crippen LogP contribution < -0.4 is 10.6 Å². The minimum Gasteiger partial charge on any atom is -0.396 e. The first-order chi connectivity index (χ1) is 8.63. The zero-order chi connectivity index (χ0) is 13.1. The molecule has 1 unspecified atom stereocenters. The van der Waals surface area contributed by atoms with Gasteiger partial charge in [0.2, 0.25) is 0 Å². The number of nitrogen functional groups attached to an aromatic ring is 1. The van der Waals surface area contributed by atoms with Crippen LogP contribution in [0.2, 0.25) is 5.02 Å². The second-order valence-electron chi connectivity index (χ2n) is 4.68. The molecule has 98 valence electrons. The Labute approximate surface area is 112 Å². The molecule has 0 amide bonds. The van der Waals surface area contributed by atoms with E-state index < -0.39 is 0 Å². The SMILES string of the molecule is N=C(N)c1c(Cl)cccc1N1CCCC(CO)C1. The van der Waals surface area contributed by atoms with Crippen LogP contribution in [0.15, 0.2) is 18.2 Å². The molecule has 1 aliphatic heterocycles. The van der Waals surface area contributed by atoms with Crippen LogP contribution in [0.25, 0.3) is 0 Å². The summed E-state index contributed by atoms with van der Waals surface area (Å²) in [4.78, 5) is 2.16. The fourth-order valence-electron chi connectivity index (χ4n) is 2.48. The smallest absolute Gasteiger partial charge is 0.126 e. The topological polar surface area (TPSA) is 73.3 Å². The number of benzene rings is 1. The van der Waals surface area contributed by atoms with Gasteiger partial charge in [0, 0.05) is 25.4 Å². The molecule has 1 saturated heterocycles. The highest BCUT2D eigenvalue weighted by Gasteiger charge is 2.22. The third-order valence-electron chi connectivity index (χ3n) is 3.38. The van der Waals surface area contributed by atoms with E-state index >= 15 is 0 Å². The third kappa shape index (κ3) is 2.60. The van der Waals surface area contributed by atoms with Gasteiger partial charge in [0.25, 0.3) is 0 Å². The summed E-state index contributed by atoms with van der Waals surface area (Å²) in [5, 5.41) is 17.4. The van der Waals surface area contributed by atoms with Crippen molar-refractivity contribution in [2.24, 2.45) is 11.7 Å². The monoisotopic (exact) mass is 267 g/mol. The van der Waals surface area contributed by atoms with Crippen molar-refractivity contribution >= 4 is 23.1 Å². The Kier molecular flexibility index (Phi) is 4.09. The van der Waals surface area contributed by atoms with E-state index in [0.717, 1.165) is 31.6 Å². The minimum atomic E-state index is -0.0123. The lowest BCUT2D eigenvalue weighted by atomic mass is 9.97. The van der Waals surface area contributed by atoms with E-state index in [1.54, 1.807) is 6.07 Å². The predicted octanol–water partition coefficient (Wildman–Crippen LogP) is 1.83. The largest absolute Gasteiger partial charge is 0.396 e. The van der Waals surface area contributed by atoms with Gasteiger partial charge in [0.05, 0.1) is 10.6 Å². The van der Waals surface area contributed by atoms with E-state index in [9.17, 15) is 5.11 Å². The van der Waals surface area contributed by atoms with Gasteiger partial charge in [-0.3, -0.25) is 5.41 Å². The van der Waals surface area contributed by atoms with Gasteiger partial charge in [-0.05, 0) is 30.9 Å². The number of halogens is 1. The molecule has 0 aliphatic carbocycles. The van der Waals surface area contributed by atoms with Crippen LogP contribution >= 0.6 is 11.6 Å². The van der Waals surface area contributed by atoms with Gasteiger partial charge in [-0.25, -0.2) is 0 Å². The predicted molar refractivity (Wildman–Crippen MR) is 74.5 cm³/mol. The standard InChI is InChI=1S/C13H18ClN3O/c14-10-4-1-5-11(12(10)13(15)16)17-6-2-3-9(7-17)8-18/h1,4-5,9,18H,2-3,6-8H2,(H3,15,16). The first kappa shape index (κ1) is 13.2. The Hall–Kier alpha value is -1.26. The van der Waals surface area contributed by atoms with Crippen molar-refractivity contribution in [3.8, 4) is 0 Å². The normalized spacial score (nSPS) is 19.9. The summed E-state index contributed by atoms with van der Waals surface area (Å²) in [5.74, 6) is 0.277. The molecule has 1 aliphatic rings. The molecule has 0 spiro atoms. The molecule has 1 aromatic carbocycles. The molecular formula is C13H18ClN3O. The number of piperidine rings is 1. The number of nitrogens with one attached hydrogen (secondary N) is 1. The minimum absolute atomic E-state index is 0.0123. The second-order valence-corrected chi connectivity index (χ2v) is 5.09. The van der Waals surface area contributed by atoms with Gasteiger partial charge < -0.3 is 15.7 Å². The van der Waals surface area contributed by atoms with Crippen molar-refractivity contribution in [2.45, 2.75) is 12.8 Å². The van der Waals surface area contributed by atoms with E-state index in [0.29, 0.717) is 10.6 Å². The maximum absolute atomic E-state index is 9.27. The van der Waals surface area contributed by atoms with Gasteiger partial charge in [-0.2, -0.15) is 0 Å². The van der Waals surface area contributed by atoms with Crippen molar-refractivity contribution in [1.29, 1.82) is 5.41 Å². The molecule has 1 atom stereocenters. The summed E-state index contributed by atoms with van der Waals surface area (Å²) < 4.78 is 0. The van der Waals surface area contributed by atoms with Crippen LogP contribution in [0.1, 0.15) is 18.4 Å². The fraction of sp³-hybridized carbons (Fsp3) is 0.462. The molecule has 4 N–H and O–H groups in total. The molecule has 4 nitrogen and oxygen atoms in total. The molecule has 5 heteroatoms. The van der Waals surface area contributed by atoms with E-state index in [4.69, 9.17) is 22.7 Å². The summed E-state index contributed by atoms with van der Waals surface area (Å²) in [6.07, 6.45) is 2.08. The number of nitrogens with two attached hydrogens (primary N) is 1. The lowest BCUT2D eigenvalue weighted by Crippen LogP contribution is -2.38. The molecule has 1 fully saturated rings. The van der Waals surface area contributed by atoms with Gasteiger partial charge in [-0.1, -0.05) is 17.7 Å². The van der Waals surface area contributed by atoms with E-state index in [1.807, 2.05) is 12.1 Å². The van der Waals surface area contributed by atoms with E-state index in [2.05, 4.69) is 4.90 Å². The molecular weight excluding hydrogens is 250 g/mol. The quantitative estimate of drug-likeness (QED) is 0.578. The fourth-order valence-corrected chi connectivity index (χ4v) is 2.75. The van der Waals surface area contributed by atoms with Gasteiger partial charge in [0.15, 0.2) is 0 Å². The summed E-state index contributed by atoms with van der Waals surface area (Å²) in [6.45, 7) is 1.90. The van der Waals surface area contributed by atoms with E-state index in [1.165, 1.54) is 0 Å². The highest BCUT2D eigenvalue weighted by atomic mass is 35.5. The highest BCUT2D eigenvalue weighted by molar-refractivity contribution is 6.34. The number of rotatable bonds is 3. The number of nitrogens with zero attached hydrogens (tertiary/aromatic N) is 1. The Morgan fingerprint density at radius 3 is 3.00 bits per heavy atom. The maximum atomic E-state index is 9.27. The summed E-state index contributed by atoms with van der Waals surface area (Å²) in [5.41, 5.74) is 7.10. The summed E-state index contributed by atoms with van der Waals surface area (Å²) in [6, 6.07) is 5.55. The summed E-state index contributed by atoms with van der Waals surface area (Å²) in [7, 11) is 0. The van der Waals surface area contributed by atoms with Crippen LogP contribution in [-0.2, 0) is 0 Å². The number of hydrogen-bond donors (Lipinski definition) is 3. The lowest BCUT2D eigenvalue weighted by Gasteiger charge is -2.34. The average molecular weight is 268 g/mol. The van der Waals surface area contributed by atoms with Crippen LogP contribution in [0.4, 0.5) is 5.69 Å². The number of aliphatic hydroxyl groups is 1. The Morgan fingerprint density at radius 2 is 2.33 bits per heavy atom. The molecule has 0 saturated carbocycles. The van der Waals surface area contributed by atoms with Crippen LogP contribution in [0, 0.1) is 11.3 Å². The maximum Gasteiger partial charge on any atom is 0.126 e. The van der Waals surface area contributed by atoms with Crippen molar-refractivity contribution < 1.29 is 5.11 Å². The van der Waals surface area contributed by atoms with Crippen molar-refractivity contribution in [3.05, 3.63) is 28.8 Å². The zero-order valence-corrected chi connectivity index (χ0v) is 11.0. The number of aliphatic hydroxyl groups excluding tert-OH is 1. The average Bonchev–Trinajstić information content (AvgIpc) is 2.38. The molecule has 2 rings (SSSR count). The van der Waals surface area contributed by atoms with Gasteiger partial charge >= 0.3 is 0 Å². The van der Waals surface area contributed by atoms with Crippen LogP contribution in [0.5, 0.6) is 0 Å². The van der Waals surface area contributed by atoms with Crippen LogP contribution in [0.3, 0.4) is 0 Å². The molecule has 1 aromatic rings. The Bertz CT molecular complexity index is 450. The van der Waals surface area contributed by atoms with Crippen molar-refractivity contribution in [2.75, 3.05) is 24.6 Å². The second kappa shape index (κ2) is 5.59. The zero-order valence-electron chi connectivity index (χ0n) is 10.2. The number of anilines is 1. The van der Waals surface area contributed by atoms with Crippen molar-refractivity contribution in [3.63, 3.8) is 0 Å². The highest BCUT2D eigenvalue weighted by Crippen LogP contribution is 2.30. The molecule has 0 radical (unpaired) electrons. The van der Waals surface area contributed by atoms with Crippen molar-refractivity contribution in [1.82, 2.24) is 0 Å². The Morgan fingerprint density at radius 1 is 1.56 bits per heavy atom. The molecule has 1 heterocycles. The number of amidine groups is 1. The van der Waals surface area contributed by atoms with Crippen LogP contribution in [-0.4, -0.2) is 30.6 Å². The molecule has 0 bridgehead atoms. The molecule has 0 aromatic heterocycles. The first-order valence-electron chi connectivity index (χ1n) is 6.12. The van der Waals surface area contributed by atoms with Gasteiger partial charge in [-0.15, -0.1) is 0 Å². The van der Waals surface area contributed by atoms with E-state index in [-0.39, 0.29) is 18.4 Å². The first-order valence-corrected chi connectivity index (χ1v) is 6.50. The summed E-state index contributed by atoms with van der Waals surface area (Å²) >= 11 is 6.12. The molecule has 18 heavy (non-hydrogen) atoms.